The molecule has 1 saturated heterocycles. The van der Waals surface area contributed by atoms with E-state index in [1.54, 1.807) is 0 Å². The van der Waals surface area contributed by atoms with Gasteiger partial charge in [0.1, 0.15) is 6.61 Å². The predicted molar refractivity (Wildman–Crippen MR) is 109 cm³/mol. The van der Waals surface area contributed by atoms with E-state index in [9.17, 15) is 4.79 Å². The molecule has 142 valence electrons. The summed E-state index contributed by atoms with van der Waals surface area (Å²) in [5.74, 6) is 0.508. The van der Waals surface area contributed by atoms with Crippen LogP contribution in [0.1, 0.15) is 25.3 Å². The van der Waals surface area contributed by atoms with E-state index in [1.165, 1.54) is 29.2 Å². The van der Waals surface area contributed by atoms with Gasteiger partial charge in [0, 0.05) is 12.6 Å². The quantitative estimate of drug-likeness (QED) is 0.779. The van der Waals surface area contributed by atoms with E-state index >= 15 is 0 Å². The summed E-state index contributed by atoms with van der Waals surface area (Å²) >= 11 is 0. The third-order valence-electron chi connectivity index (χ3n) is 4.75. The highest BCUT2D eigenvalue weighted by Gasteiger charge is 2.14. The van der Waals surface area contributed by atoms with Crippen molar-refractivity contribution in [2.75, 3.05) is 26.3 Å². The van der Waals surface area contributed by atoms with E-state index in [0.717, 1.165) is 19.5 Å². The zero-order valence-corrected chi connectivity index (χ0v) is 16.2. The van der Waals surface area contributed by atoms with Crippen LogP contribution >= 0.6 is 12.4 Å². The smallest absolute Gasteiger partial charge is 0.246 e. The van der Waals surface area contributed by atoms with Gasteiger partial charge in [0.25, 0.3) is 0 Å². The molecule has 4 nitrogen and oxygen atoms in total. The number of ether oxygens (including phenoxy) is 1. The van der Waals surface area contributed by atoms with Crippen molar-refractivity contribution < 1.29 is 9.53 Å². The third kappa shape index (κ3) is 6.27. The molecule has 26 heavy (non-hydrogen) atoms. The maximum absolute atomic E-state index is 12.0. The Morgan fingerprint density at radius 3 is 2.85 bits per heavy atom. The molecular formula is C21H29ClN2O2. The number of carbonyl (C=O) groups is 1. The minimum atomic E-state index is -0.0305. The summed E-state index contributed by atoms with van der Waals surface area (Å²) < 4.78 is 5.59. The van der Waals surface area contributed by atoms with E-state index in [1.807, 2.05) is 13.0 Å². The highest BCUT2D eigenvalue weighted by Crippen LogP contribution is 2.16. The topological polar surface area (TPSA) is 50.4 Å². The van der Waals surface area contributed by atoms with E-state index in [2.05, 4.69) is 47.0 Å². The molecule has 2 aromatic carbocycles. The van der Waals surface area contributed by atoms with E-state index in [0.29, 0.717) is 12.5 Å². The number of nitrogens with one attached hydrogen (secondary N) is 2. The lowest BCUT2D eigenvalue weighted by molar-refractivity contribution is -0.126. The fraction of sp³-hybridized carbons (Fsp3) is 0.476. The molecule has 0 saturated carbocycles. The van der Waals surface area contributed by atoms with E-state index in [4.69, 9.17) is 4.74 Å². The van der Waals surface area contributed by atoms with Gasteiger partial charge in [0.2, 0.25) is 5.91 Å². The molecule has 1 fully saturated rings. The molecule has 5 heteroatoms. The molecule has 0 radical (unpaired) electrons. The van der Waals surface area contributed by atoms with Crippen LogP contribution in [-0.4, -0.2) is 38.3 Å². The van der Waals surface area contributed by atoms with Gasteiger partial charge in [-0.1, -0.05) is 42.5 Å². The first kappa shape index (κ1) is 20.7. The Kier molecular flexibility index (Phi) is 8.36. The molecule has 2 N–H and O–H groups in total. The van der Waals surface area contributed by atoms with Crippen LogP contribution < -0.4 is 10.6 Å². The Labute approximate surface area is 162 Å². The summed E-state index contributed by atoms with van der Waals surface area (Å²) in [5, 5.41) is 8.88. The SMILES string of the molecule is CC(Cc1ccc2ccccc2c1)NC(=O)COCC1CCCNC1.Cl. The fourth-order valence-corrected chi connectivity index (χ4v) is 3.47. The maximum Gasteiger partial charge on any atom is 0.246 e. The van der Waals surface area contributed by atoms with Crippen LogP contribution in [0.2, 0.25) is 0 Å². The number of hydrogen-bond donors (Lipinski definition) is 2. The van der Waals surface area contributed by atoms with Gasteiger partial charge in [-0.15, -0.1) is 12.4 Å². The number of halogens is 1. The largest absolute Gasteiger partial charge is 0.371 e. The molecule has 0 spiro atoms. The lowest BCUT2D eigenvalue weighted by Crippen LogP contribution is -2.38. The van der Waals surface area contributed by atoms with Gasteiger partial charge < -0.3 is 15.4 Å². The number of rotatable bonds is 7. The lowest BCUT2D eigenvalue weighted by atomic mass is 10.0. The molecule has 0 bridgehead atoms. The van der Waals surface area contributed by atoms with Crippen molar-refractivity contribution >= 4 is 29.1 Å². The van der Waals surface area contributed by atoms with Crippen molar-refractivity contribution in [3.8, 4) is 0 Å². The molecule has 2 aromatic rings. The summed E-state index contributed by atoms with van der Waals surface area (Å²) in [6.45, 7) is 4.96. The van der Waals surface area contributed by atoms with Crippen molar-refractivity contribution in [2.24, 2.45) is 5.92 Å². The number of carbonyl (C=O) groups excluding carboxylic acids is 1. The Morgan fingerprint density at radius 2 is 2.08 bits per heavy atom. The number of fused-ring (bicyclic) bond motifs is 1. The molecule has 1 aliphatic heterocycles. The second-order valence-electron chi connectivity index (χ2n) is 7.08. The van der Waals surface area contributed by atoms with Crippen LogP contribution in [0.25, 0.3) is 10.8 Å². The minimum Gasteiger partial charge on any atom is -0.371 e. The normalized spacial score (nSPS) is 18.1. The minimum absolute atomic E-state index is 0. The highest BCUT2D eigenvalue weighted by atomic mass is 35.5. The average Bonchev–Trinajstić information content (AvgIpc) is 2.62. The van der Waals surface area contributed by atoms with Crippen molar-refractivity contribution in [2.45, 2.75) is 32.2 Å². The summed E-state index contributed by atoms with van der Waals surface area (Å²) in [6.07, 6.45) is 3.21. The van der Waals surface area contributed by atoms with Crippen molar-refractivity contribution in [1.82, 2.24) is 10.6 Å². The van der Waals surface area contributed by atoms with Gasteiger partial charge in [-0.25, -0.2) is 0 Å². The van der Waals surface area contributed by atoms with E-state index < -0.39 is 0 Å². The molecule has 2 unspecified atom stereocenters. The van der Waals surface area contributed by atoms with Crippen LogP contribution in [0.15, 0.2) is 42.5 Å². The van der Waals surface area contributed by atoms with Crippen LogP contribution in [-0.2, 0) is 16.0 Å². The molecule has 0 aliphatic carbocycles. The van der Waals surface area contributed by atoms with Crippen molar-refractivity contribution in [3.05, 3.63) is 48.0 Å². The summed E-state index contributed by atoms with van der Waals surface area (Å²) in [7, 11) is 0. The Hall–Kier alpha value is -1.62. The summed E-state index contributed by atoms with van der Waals surface area (Å²) in [6, 6.07) is 14.9. The Balaban J connectivity index is 0.00000243. The number of amides is 1. The highest BCUT2D eigenvalue weighted by molar-refractivity contribution is 5.85. The summed E-state index contributed by atoms with van der Waals surface area (Å²) in [4.78, 5) is 12.0. The van der Waals surface area contributed by atoms with Crippen LogP contribution in [0.4, 0.5) is 0 Å². The third-order valence-corrected chi connectivity index (χ3v) is 4.75. The van der Waals surface area contributed by atoms with Gasteiger partial charge in [0.15, 0.2) is 0 Å². The number of piperidine rings is 1. The molecular weight excluding hydrogens is 348 g/mol. The first-order valence-corrected chi connectivity index (χ1v) is 9.26. The second kappa shape index (κ2) is 10.5. The van der Waals surface area contributed by atoms with Gasteiger partial charge in [-0.3, -0.25) is 4.79 Å². The van der Waals surface area contributed by atoms with Gasteiger partial charge in [-0.05, 0) is 55.0 Å². The second-order valence-corrected chi connectivity index (χ2v) is 7.08. The van der Waals surface area contributed by atoms with Gasteiger partial charge in [0.05, 0.1) is 6.61 Å². The molecule has 2 atom stereocenters. The lowest BCUT2D eigenvalue weighted by Gasteiger charge is -2.22. The van der Waals surface area contributed by atoms with Gasteiger partial charge in [-0.2, -0.15) is 0 Å². The summed E-state index contributed by atoms with van der Waals surface area (Å²) in [5.41, 5.74) is 1.24. The zero-order valence-electron chi connectivity index (χ0n) is 15.4. The van der Waals surface area contributed by atoms with Crippen LogP contribution in [0.3, 0.4) is 0 Å². The van der Waals surface area contributed by atoms with Crippen molar-refractivity contribution in [1.29, 1.82) is 0 Å². The maximum atomic E-state index is 12.0. The first-order chi connectivity index (χ1) is 12.2. The Bertz CT molecular complexity index is 701. The molecule has 0 aromatic heterocycles. The Morgan fingerprint density at radius 1 is 1.27 bits per heavy atom. The van der Waals surface area contributed by atoms with Gasteiger partial charge >= 0.3 is 0 Å². The molecule has 1 aliphatic rings. The standard InChI is InChI=1S/C21H28N2O2.ClH/c1-16(11-17-8-9-19-6-2-3-7-20(19)12-17)23-21(24)15-25-14-18-5-4-10-22-13-18;/h2-3,6-9,12,16,18,22H,4-5,10-11,13-15H2,1H3,(H,23,24);1H. The van der Waals surface area contributed by atoms with Crippen LogP contribution in [0.5, 0.6) is 0 Å². The average molecular weight is 377 g/mol. The fourth-order valence-electron chi connectivity index (χ4n) is 3.47. The molecule has 1 amide bonds. The monoisotopic (exact) mass is 376 g/mol. The number of hydrogen-bond acceptors (Lipinski definition) is 3. The zero-order chi connectivity index (χ0) is 17.5. The predicted octanol–water partition coefficient (Wildman–Crippen LogP) is 3.33. The van der Waals surface area contributed by atoms with E-state index in [-0.39, 0.29) is 31.0 Å². The molecule has 1 heterocycles. The van der Waals surface area contributed by atoms with Crippen LogP contribution in [0, 0.1) is 5.92 Å². The van der Waals surface area contributed by atoms with Crippen molar-refractivity contribution in [3.63, 3.8) is 0 Å². The first-order valence-electron chi connectivity index (χ1n) is 9.26. The molecule has 3 rings (SSSR count). The number of benzene rings is 2.